The van der Waals surface area contributed by atoms with Gasteiger partial charge < -0.3 is 0 Å². The fourth-order valence-corrected chi connectivity index (χ4v) is 3.97. The number of hydrogen-bond donors (Lipinski definition) is 0. The van der Waals surface area contributed by atoms with E-state index in [-0.39, 0.29) is 16.6 Å². The lowest BCUT2D eigenvalue weighted by atomic mass is 10.1. The van der Waals surface area contributed by atoms with Crippen molar-refractivity contribution in [1.82, 2.24) is 4.31 Å². The largest absolute Gasteiger partial charge is 0.269 e. The average Bonchev–Trinajstić information content (AvgIpc) is 3.28. The van der Waals surface area contributed by atoms with Crippen LogP contribution in [0.15, 0.2) is 59.5 Å². The Morgan fingerprint density at radius 1 is 1.09 bits per heavy atom. The van der Waals surface area contributed by atoms with Gasteiger partial charge in [-0.25, -0.2) is 8.42 Å². The number of hydrogen-bond acceptors (Lipinski definition) is 4. The summed E-state index contributed by atoms with van der Waals surface area (Å²) in [6, 6.07) is 14.6. The van der Waals surface area contributed by atoms with Crippen LogP contribution in [0.3, 0.4) is 0 Å². The fraction of sp³-hybridized carbons (Fsp3) is 0.200. The molecular weight excluding hydrogens is 304 g/mol. The quantitative estimate of drug-likeness (QED) is 0.481. The Balaban J connectivity index is 1.73. The number of nitrogens with zero attached hydrogens (tertiary/aromatic N) is 2. The highest BCUT2D eigenvalue weighted by atomic mass is 32.2. The smallest absolute Gasteiger partial charge is 0.258 e. The van der Waals surface area contributed by atoms with E-state index in [1.807, 2.05) is 30.3 Å². The molecule has 1 saturated heterocycles. The van der Waals surface area contributed by atoms with Crippen LogP contribution >= 0.6 is 0 Å². The second-order valence-electron chi connectivity index (χ2n) is 5.17. The van der Waals surface area contributed by atoms with Crippen molar-refractivity contribution in [3.63, 3.8) is 0 Å². The van der Waals surface area contributed by atoms with E-state index in [0.29, 0.717) is 13.0 Å². The number of benzene rings is 2. The van der Waals surface area contributed by atoms with E-state index in [2.05, 4.69) is 0 Å². The fourth-order valence-electron chi connectivity index (χ4n) is 2.38. The molecule has 0 aliphatic carbocycles. The molecule has 114 valence electrons. The molecule has 3 rings (SSSR count). The third-order valence-electron chi connectivity index (χ3n) is 3.63. The number of non-ortho nitro benzene ring substituents is 1. The maximum absolute atomic E-state index is 12.4. The van der Waals surface area contributed by atoms with Crippen LogP contribution in [0.25, 0.3) is 0 Å². The number of rotatable bonds is 5. The van der Waals surface area contributed by atoms with Gasteiger partial charge in [-0.2, -0.15) is 4.31 Å². The summed E-state index contributed by atoms with van der Waals surface area (Å²) >= 11 is 0. The predicted octanol–water partition coefficient (Wildman–Crippen LogP) is 2.21. The number of nitro groups is 1. The zero-order valence-corrected chi connectivity index (χ0v) is 12.4. The first-order valence-electron chi connectivity index (χ1n) is 6.79. The van der Waals surface area contributed by atoms with Gasteiger partial charge in [-0.05, 0) is 24.1 Å². The molecule has 0 radical (unpaired) electrons. The van der Waals surface area contributed by atoms with Crippen LogP contribution in [0.5, 0.6) is 0 Å². The molecule has 1 fully saturated rings. The number of sulfonamides is 1. The molecule has 2 atom stereocenters. The summed E-state index contributed by atoms with van der Waals surface area (Å²) in [6.07, 6.45) is 0.674. The van der Waals surface area contributed by atoms with Gasteiger partial charge in [0.1, 0.15) is 0 Å². The average molecular weight is 318 g/mol. The van der Waals surface area contributed by atoms with Crippen molar-refractivity contribution in [2.24, 2.45) is 0 Å². The minimum absolute atomic E-state index is 0.0393. The van der Waals surface area contributed by atoms with Crippen LogP contribution in [-0.2, 0) is 16.4 Å². The Morgan fingerprint density at radius 3 is 2.32 bits per heavy atom. The predicted molar refractivity (Wildman–Crippen MR) is 80.9 cm³/mol. The maximum atomic E-state index is 12.4. The molecule has 0 saturated carbocycles. The van der Waals surface area contributed by atoms with E-state index in [0.717, 1.165) is 5.56 Å². The minimum Gasteiger partial charge on any atom is -0.258 e. The summed E-state index contributed by atoms with van der Waals surface area (Å²) in [6.45, 7) is 0.480. The molecule has 2 aromatic carbocycles. The zero-order valence-electron chi connectivity index (χ0n) is 11.6. The molecule has 0 bridgehead atoms. The molecule has 0 N–H and O–H groups in total. The lowest BCUT2D eigenvalue weighted by Crippen LogP contribution is -2.15. The first-order valence-corrected chi connectivity index (χ1v) is 8.23. The summed E-state index contributed by atoms with van der Waals surface area (Å²) in [5.74, 6) is 0. The van der Waals surface area contributed by atoms with Crippen molar-refractivity contribution in [2.75, 3.05) is 6.54 Å². The molecule has 6 nitrogen and oxygen atoms in total. The molecule has 1 heterocycles. The second kappa shape index (κ2) is 5.51. The Morgan fingerprint density at radius 2 is 1.73 bits per heavy atom. The normalized spacial score (nSPS) is 20.5. The monoisotopic (exact) mass is 318 g/mol. The molecule has 0 amide bonds. The van der Waals surface area contributed by atoms with E-state index in [1.165, 1.54) is 28.6 Å². The Kier molecular flexibility index (Phi) is 3.67. The summed E-state index contributed by atoms with van der Waals surface area (Å²) < 4.78 is 26.3. The van der Waals surface area contributed by atoms with Crippen molar-refractivity contribution >= 4 is 15.7 Å². The lowest BCUT2D eigenvalue weighted by Gasteiger charge is -2.06. The third kappa shape index (κ3) is 2.86. The van der Waals surface area contributed by atoms with Crippen LogP contribution < -0.4 is 0 Å². The van der Waals surface area contributed by atoms with Gasteiger partial charge in [0.05, 0.1) is 9.82 Å². The molecule has 0 spiro atoms. The van der Waals surface area contributed by atoms with Crippen LogP contribution in [0.1, 0.15) is 5.56 Å². The molecular formula is C15H14N2O4S. The van der Waals surface area contributed by atoms with E-state index in [1.54, 1.807) is 0 Å². The van der Waals surface area contributed by atoms with Crippen LogP contribution in [0.2, 0.25) is 0 Å². The summed E-state index contributed by atoms with van der Waals surface area (Å²) in [5, 5.41) is 10.6. The van der Waals surface area contributed by atoms with Gasteiger partial charge in [0.25, 0.3) is 5.69 Å². The van der Waals surface area contributed by atoms with Gasteiger partial charge in [-0.1, -0.05) is 30.3 Å². The van der Waals surface area contributed by atoms with Gasteiger partial charge >= 0.3 is 0 Å². The first-order chi connectivity index (χ1) is 10.5. The van der Waals surface area contributed by atoms with Crippen LogP contribution in [0, 0.1) is 10.1 Å². The summed E-state index contributed by atoms with van der Waals surface area (Å²) in [4.78, 5) is 10.2. The van der Waals surface area contributed by atoms with E-state index < -0.39 is 14.9 Å². The molecule has 2 aromatic rings. The van der Waals surface area contributed by atoms with Crippen molar-refractivity contribution in [3.05, 3.63) is 70.3 Å². The van der Waals surface area contributed by atoms with Gasteiger partial charge in [0.15, 0.2) is 0 Å². The Bertz CT molecular complexity index is 788. The highest BCUT2D eigenvalue weighted by Crippen LogP contribution is 2.31. The van der Waals surface area contributed by atoms with Gasteiger partial charge in [-0.15, -0.1) is 0 Å². The van der Waals surface area contributed by atoms with E-state index in [4.69, 9.17) is 0 Å². The van der Waals surface area contributed by atoms with Crippen LogP contribution in [0.4, 0.5) is 5.69 Å². The van der Waals surface area contributed by atoms with Crippen LogP contribution in [-0.4, -0.2) is 30.2 Å². The van der Waals surface area contributed by atoms with Crippen molar-refractivity contribution in [2.45, 2.75) is 17.4 Å². The van der Waals surface area contributed by atoms with Gasteiger partial charge in [0, 0.05) is 24.7 Å². The van der Waals surface area contributed by atoms with E-state index in [9.17, 15) is 18.5 Å². The van der Waals surface area contributed by atoms with Crippen molar-refractivity contribution in [1.29, 1.82) is 0 Å². The van der Waals surface area contributed by atoms with Gasteiger partial charge in [-0.3, -0.25) is 10.1 Å². The molecule has 1 aliphatic rings. The summed E-state index contributed by atoms with van der Waals surface area (Å²) in [5.41, 5.74) is 0.972. The molecule has 2 unspecified atom stereocenters. The maximum Gasteiger partial charge on any atom is 0.269 e. The summed E-state index contributed by atoms with van der Waals surface area (Å²) in [7, 11) is -3.57. The first kappa shape index (κ1) is 14.7. The highest BCUT2D eigenvalue weighted by Gasteiger charge is 2.44. The second-order valence-corrected chi connectivity index (χ2v) is 7.06. The molecule has 1 aliphatic heterocycles. The topological polar surface area (TPSA) is 80.3 Å². The minimum atomic E-state index is -3.57. The lowest BCUT2D eigenvalue weighted by molar-refractivity contribution is -0.384. The molecule has 7 heteroatoms. The van der Waals surface area contributed by atoms with Crippen molar-refractivity contribution in [3.8, 4) is 0 Å². The standard InChI is InChI=1S/C15H14N2O4S/c18-17(19)13-6-8-15(9-7-13)22(20,21)16-11-14(16)10-12-4-2-1-3-5-12/h1-9,14H,10-11H2. The molecule has 22 heavy (non-hydrogen) atoms. The molecule has 0 aromatic heterocycles. The highest BCUT2D eigenvalue weighted by molar-refractivity contribution is 7.89. The van der Waals surface area contributed by atoms with Crippen molar-refractivity contribution < 1.29 is 13.3 Å². The van der Waals surface area contributed by atoms with Gasteiger partial charge in [0.2, 0.25) is 10.0 Å². The Hall–Kier alpha value is -2.25. The van der Waals surface area contributed by atoms with E-state index >= 15 is 0 Å². The number of nitro benzene ring substituents is 1. The SMILES string of the molecule is O=[N+]([O-])c1ccc(S(=O)(=O)N2CC2Cc2ccccc2)cc1. The third-order valence-corrected chi connectivity index (χ3v) is 5.57. The zero-order chi connectivity index (χ0) is 15.7. The Labute approximate surface area is 128 Å².